The highest BCUT2D eigenvalue weighted by Gasteiger charge is 2.13. The minimum atomic E-state index is -0.207. The highest BCUT2D eigenvalue weighted by atomic mass is 32.1. The van der Waals surface area contributed by atoms with Gasteiger partial charge in [-0.3, -0.25) is 4.79 Å². The molecule has 0 saturated heterocycles. The van der Waals surface area contributed by atoms with Gasteiger partial charge in [0.1, 0.15) is 19.0 Å². The molecule has 0 bridgehead atoms. The molecule has 0 saturated carbocycles. The predicted molar refractivity (Wildman–Crippen MR) is 127 cm³/mol. The van der Waals surface area contributed by atoms with Crippen molar-refractivity contribution in [2.45, 2.75) is 24.5 Å². The van der Waals surface area contributed by atoms with Gasteiger partial charge < -0.3 is 9.47 Å². The minimum Gasteiger partial charge on any atom is -0.489 e. The van der Waals surface area contributed by atoms with Crippen LogP contribution in [0.25, 0.3) is 32.3 Å². The van der Waals surface area contributed by atoms with E-state index >= 15 is 0 Å². The molecule has 150 valence electrons. The number of carbonyl (C=O) groups excluding carboxylic acids is 1. The van der Waals surface area contributed by atoms with Gasteiger partial charge in [-0.1, -0.05) is 48.5 Å². The van der Waals surface area contributed by atoms with Crippen LogP contribution in [0.15, 0.2) is 54.6 Å². The first-order valence-corrected chi connectivity index (χ1v) is 11.1. The number of ether oxygens (including phenoxy) is 2. The third-order valence-corrected chi connectivity index (χ3v) is 5.99. The van der Waals surface area contributed by atoms with Gasteiger partial charge in [-0.2, -0.15) is 25.3 Å². The Kier molecular flexibility index (Phi) is 6.36. The number of benzene rings is 4. The summed E-state index contributed by atoms with van der Waals surface area (Å²) in [4.78, 5) is 11.9. The van der Waals surface area contributed by atoms with E-state index in [9.17, 15) is 4.79 Å². The van der Waals surface area contributed by atoms with Gasteiger partial charge in [-0.15, -0.1) is 0 Å². The second-order valence-electron chi connectivity index (χ2n) is 7.20. The quantitative estimate of drug-likeness (QED) is 0.152. The van der Waals surface area contributed by atoms with Gasteiger partial charge in [-0.05, 0) is 46.2 Å². The molecule has 5 heteroatoms. The van der Waals surface area contributed by atoms with Crippen LogP contribution in [0.1, 0.15) is 19.3 Å². The van der Waals surface area contributed by atoms with Crippen LogP contribution < -0.4 is 4.74 Å². The topological polar surface area (TPSA) is 35.5 Å². The van der Waals surface area contributed by atoms with Crippen LogP contribution >= 0.6 is 25.3 Å². The molecule has 4 aromatic carbocycles. The number of rotatable bonds is 9. The van der Waals surface area contributed by atoms with Crippen LogP contribution in [0.2, 0.25) is 0 Å². The Morgan fingerprint density at radius 3 is 2.41 bits per heavy atom. The van der Waals surface area contributed by atoms with Gasteiger partial charge in [0.2, 0.25) is 0 Å². The fourth-order valence-corrected chi connectivity index (χ4v) is 4.58. The van der Waals surface area contributed by atoms with Crippen molar-refractivity contribution < 1.29 is 14.3 Å². The summed E-state index contributed by atoms with van der Waals surface area (Å²) in [6.45, 7) is 0.564. The maximum atomic E-state index is 11.9. The van der Waals surface area contributed by atoms with Gasteiger partial charge in [0.05, 0.1) is 0 Å². The first kappa shape index (κ1) is 20.2. The molecule has 0 aromatic heterocycles. The normalized spacial score (nSPS) is 12.6. The SMILES string of the molecule is O=C(CCC(S)CCS)OCCOc1cc2cccc3ccc4cccc1c4c32. The highest BCUT2D eigenvalue weighted by Crippen LogP contribution is 2.39. The third-order valence-electron chi connectivity index (χ3n) is 5.22. The average Bonchev–Trinajstić information content (AvgIpc) is 2.74. The van der Waals surface area contributed by atoms with Crippen molar-refractivity contribution in [2.75, 3.05) is 19.0 Å². The minimum absolute atomic E-state index is 0.187. The fraction of sp³-hybridized carbons (Fsp3) is 0.292. The molecule has 0 N–H and O–H groups in total. The second kappa shape index (κ2) is 9.14. The van der Waals surface area contributed by atoms with Crippen LogP contribution in [0.4, 0.5) is 0 Å². The van der Waals surface area contributed by atoms with Gasteiger partial charge in [-0.25, -0.2) is 0 Å². The van der Waals surface area contributed by atoms with E-state index in [0.717, 1.165) is 28.7 Å². The van der Waals surface area contributed by atoms with Crippen molar-refractivity contribution >= 4 is 63.5 Å². The van der Waals surface area contributed by atoms with E-state index in [1.807, 2.05) is 6.07 Å². The number of thiol groups is 2. The van der Waals surface area contributed by atoms with Crippen LogP contribution in [-0.4, -0.2) is 30.2 Å². The first-order valence-electron chi connectivity index (χ1n) is 9.91. The average molecular weight is 425 g/mol. The summed E-state index contributed by atoms with van der Waals surface area (Å²) in [7, 11) is 0. The van der Waals surface area contributed by atoms with Gasteiger partial charge >= 0.3 is 5.97 Å². The Morgan fingerprint density at radius 1 is 0.897 bits per heavy atom. The Morgan fingerprint density at radius 2 is 1.62 bits per heavy atom. The van der Waals surface area contributed by atoms with Crippen molar-refractivity contribution in [3.8, 4) is 5.75 Å². The lowest BCUT2D eigenvalue weighted by atomic mass is 9.94. The van der Waals surface area contributed by atoms with Crippen molar-refractivity contribution in [2.24, 2.45) is 0 Å². The molecule has 0 radical (unpaired) electrons. The fourth-order valence-electron chi connectivity index (χ4n) is 3.81. The lowest BCUT2D eigenvalue weighted by Gasteiger charge is -2.15. The molecule has 3 nitrogen and oxygen atoms in total. The van der Waals surface area contributed by atoms with E-state index < -0.39 is 0 Å². The molecule has 1 atom stereocenters. The smallest absolute Gasteiger partial charge is 0.305 e. The van der Waals surface area contributed by atoms with Crippen LogP contribution in [0, 0.1) is 0 Å². The number of hydrogen-bond acceptors (Lipinski definition) is 5. The molecule has 4 aromatic rings. The summed E-state index contributed by atoms with van der Waals surface area (Å²) < 4.78 is 11.4. The van der Waals surface area contributed by atoms with Crippen molar-refractivity contribution in [1.29, 1.82) is 0 Å². The molecule has 0 aliphatic heterocycles. The molecule has 0 aliphatic carbocycles. The van der Waals surface area contributed by atoms with E-state index in [-0.39, 0.29) is 17.8 Å². The second-order valence-corrected chi connectivity index (χ2v) is 8.37. The summed E-state index contributed by atoms with van der Waals surface area (Å²) in [5.74, 6) is 1.39. The van der Waals surface area contributed by atoms with E-state index in [0.29, 0.717) is 19.4 Å². The maximum Gasteiger partial charge on any atom is 0.305 e. The Balaban J connectivity index is 1.44. The van der Waals surface area contributed by atoms with Crippen molar-refractivity contribution in [1.82, 2.24) is 0 Å². The van der Waals surface area contributed by atoms with Crippen molar-refractivity contribution in [3.63, 3.8) is 0 Å². The number of esters is 1. The van der Waals surface area contributed by atoms with E-state index in [1.165, 1.54) is 21.5 Å². The standard InChI is InChI=1S/C24H24O3S2/c25-22(10-9-19(29)11-14-28)27-13-12-26-21-15-18-5-1-3-16-7-8-17-4-2-6-20(21)24(17)23(16)18/h1-8,15,19,28-29H,9-14H2. The molecule has 0 amide bonds. The Hall–Kier alpha value is -2.11. The van der Waals surface area contributed by atoms with Crippen LogP contribution in [0.5, 0.6) is 5.75 Å². The van der Waals surface area contributed by atoms with E-state index in [2.05, 4.69) is 73.8 Å². The Bertz CT molecular complexity index is 1130. The first-order chi connectivity index (χ1) is 14.2. The lowest BCUT2D eigenvalue weighted by Crippen LogP contribution is -2.13. The molecule has 0 spiro atoms. The van der Waals surface area contributed by atoms with Gasteiger partial charge in [0, 0.05) is 22.4 Å². The van der Waals surface area contributed by atoms with E-state index in [4.69, 9.17) is 9.47 Å². The summed E-state index contributed by atoms with van der Waals surface area (Å²) in [5, 5.41) is 7.34. The molecular weight excluding hydrogens is 400 g/mol. The molecule has 4 rings (SSSR count). The Labute approximate surface area is 181 Å². The lowest BCUT2D eigenvalue weighted by molar-refractivity contribution is -0.144. The number of hydrogen-bond donors (Lipinski definition) is 2. The summed E-state index contributed by atoms with van der Waals surface area (Å²) in [5.41, 5.74) is 0. The summed E-state index contributed by atoms with van der Waals surface area (Å²) >= 11 is 8.63. The summed E-state index contributed by atoms with van der Waals surface area (Å²) in [6, 6.07) is 19.0. The number of carbonyl (C=O) groups is 1. The predicted octanol–water partition coefficient (Wildman–Crippen LogP) is 5.90. The summed E-state index contributed by atoms with van der Waals surface area (Å²) in [6.07, 6.45) is 1.97. The molecule has 0 fully saturated rings. The molecular formula is C24H24O3S2. The van der Waals surface area contributed by atoms with Gasteiger partial charge in [0.15, 0.2) is 0 Å². The third kappa shape index (κ3) is 4.41. The largest absolute Gasteiger partial charge is 0.489 e. The monoisotopic (exact) mass is 424 g/mol. The molecule has 29 heavy (non-hydrogen) atoms. The maximum absolute atomic E-state index is 11.9. The molecule has 0 heterocycles. The zero-order chi connectivity index (χ0) is 20.2. The molecule has 1 unspecified atom stereocenters. The van der Waals surface area contributed by atoms with Gasteiger partial charge in [0.25, 0.3) is 0 Å². The van der Waals surface area contributed by atoms with Crippen LogP contribution in [-0.2, 0) is 9.53 Å². The zero-order valence-electron chi connectivity index (χ0n) is 16.1. The van der Waals surface area contributed by atoms with Crippen LogP contribution in [0.3, 0.4) is 0 Å². The molecule has 0 aliphatic rings. The highest BCUT2D eigenvalue weighted by molar-refractivity contribution is 7.81. The van der Waals surface area contributed by atoms with E-state index in [1.54, 1.807) is 0 Å². The van der Waals surface area contributed by atoms with Crippen molar-refractivity contribution in [3.05, 3.63) is 54.6 Å². The zero-order valence-corrected chi connectivity index (χ0v) is 17.9.